The number of amides is 1. The molecule has 0 fully saturated rings. The number of benzene rings is 1. The predicted molar refractivity (Wildman–Crippen MR) is 62.1 cm³/mol. The molecular formula is C11H10BrF4NO. The summed E-state index contributed by atoms with van der Waals surface area (Å²) in [4.78, 5) is 11.4. The molecule has 0 heterocycles. The molecule has 1 amide bonds. The van der Waals surface area contributed by atoms with Crippen molar-refractivity contribution in [2.45, 2.75) is 17.9 Å². The normalized spacial score (nSPS) is 13.2. The molecule has 0 saturated carbocycles. The lowest BCUT2D eigenvalue weighted by Crippen LogP contribution is -2.29. The predicted octanol–water partition coefficient (Wildman–Crippen LogP) is 3.36. The number of alkyl halides is 4. The smallest absolute Gasteiger partial charge is 0.351 e. The molecule has 1 rings (SSSR count). The van der Waals surface area contributed by atoms with Crippen LogP contribution in [0.25, 0.3) is 0 Å². The van der Waals surface area contributed by atoms with Crippen LogP contribution in [0.4, 0.5) is 17.6 Å². The molecule has 0 aromatic heterocycles. The molecule has 0 bridgehead atoms. The van der Waals surface area contributed by atoms with Crippen molar-refractivity contribution in [3.63, 3.8) is 0 Å². The van der Waals surface area contributed by atoms with Gasteiger partial charge in [-0.15, -0.1) is 0 Å². The average Bonchev–Trinajstić information content (AvgIpc) is 2.24. The quantitative estimate of drug-likeness (QED) is 0.669. The Morgan fingerprint density at radius 1 is 1.44 bits per heavy atom. The van der Waals surface area contributed by atoms with Gasteiger partial charge in [-0.2, -0.15) is 13.2 Å². The lowest BCUT2D eigenvalue weighted by Gasteiger charge is -2.10. The van der Waals surface area contributed by atoms with Crippen molar-refractivity contribution in [2.24, 2.45) is 0 Å². The molecule has 1 atom stereocenters. The minimum atomic E-state index is -4.61. The first-order chi connectivity index (χ1) is 8.21. The van der Waals surface area contributed by atoms with Crippen LogP contribution in [0.3, 0.4) is 0 Å². The van der Waals surface area contributed by atoms with Gasteiger partial charge in [0.1, 0.15) is 5.82 Å². The Balaban J connectivity index is 2.97. The molecule has 1 N–H and O–H groups in total. The number of nitrogens with one attached hydrogen (secondary N) is 1. The Morgan fingerprint density at radius 2 is 2.06 bits per heavy atom. The van der Waals surface area contributed by atoms with E-state index in [1.807, 2.05) is 0 Å². The molecule has 1 aromatic carbocycles. The summed E-state index contributed by atoms with van der Waals surface area (Å²) < 4.78 is 50.5. The van der Waals surface area contributed by atoms with E-state index in [-0.39, 0.29) is 11.4 Å². The van der Waals surface area contributed by atoms with E-state index in [1.54, 1.807) is 6.92 Å². The van der Waals surface area contributed by atoms with Gasteiger partial charge in [0.2, 0.25) is 0 Å². The minimum absolute atomic E-state index is 0.0599. The molecule has 7 heteroatoms. The Morgan fingerprint density at radius 3 is 2.56 bits per heavy atom. The SMILES string of the molecule is CC(Br)CNC(=O)c1cc(C(F)(F)F)ccc1F. The summed E-state index contributed by atoms with van der Waals surface area (Å²) >= 11 is 3.15. The molecule has 0 spiro atoms. The van der Waals surface area contributed by atoms with Gasteiger partial charge in [-0.3, -0.25) is 4.79 Å². The van der Waals surface area contributed by atoms with Gasteiger partial charge >= 0.3 is 6.18 Å². The van der Waals surface area contributed by atoms with Crippen LogP contribution in [0.15, 0.2) is 18.2 Å². The lowest BCUT2D eigenvalue weighted by molar-refractivity contribution is -0.137. The van der Waals surface area contributed by atoms with Crippen LogP contribution < -0.4 is 5.32 Å². The molecule has 0 aliphatic heterocycles. The van der Waals surface area contributed by atoms with Gasteiger partial charge in [-0.1, -0.05) is 22.9 Å². The Hall–Kier alpha value is -1.11. The van der Waals surface area contributed by atoms with Crippen LogP contribution in [0.1, 0.15) is 22.8 Å². The summed E-state index contributed by atoms with van der Waals surface area (Å²) in [6.07, 6.45) is -4.61. The van der Waals surface area contributed by atoms with Crippen LogP contribution in [0.5, 0.6) is 0 Å². The van der Waals surface area contributed by atoms with E-state index in [0.29, 0.717) is 18.2 Å². The fourth-order valence-electron chi connectivity index (χ4n) is 1.20. The second-order valence-corrected chi connectivity index (χ2v) is 5.25. The van der Waals surface area contributed by atoms with Crippen molar-refractivity contribution in [1.82, 2.24) is 5.32 Å². The zero-order valence-corrected chi connectivity index (χ0v) is 10.9. The van der Waals surface area contributed by atoms with E-state index in [2.05, 4.69) is 21.2 Å². The highest BCUT2D eigenvalue weighted by Gasteiger charge is 2.31. The van der Waals surface area contributed by atoms with Crippen LogP contribution in [0.2, 0.25) is 0 Å². The number of hydrogen-bond acceptors (Lipinski definition) is 1. The average molecular weight is 328 g/mol. The van der Waals surface area contributed by atoms with Gasteiger partial charge < -0.3 is 5.32 Å². The summed E-state index contributed by atoms with van der Waals surface area (Å²) in [5, 5.41) is 2.32. The van der Waals surface area contributed by atoms with Crippen molar-refractivity contribution >= 4 is 21.8 Å². The van der Waals surface area contributed by atoms with E-state index in [1.165, 1.54) is 0 Å². The van der Waals surface area contributed by atoms with Gasteiger partial charge in [0.25, 0.3) is 5.91 Å². The fourth-order valence-corrected chi connectivity index (χ4v) is 1.37. The minimum Gasteiger partial charge on any atom is -0.351 e. The zero-order chi connectivity index (χ0) is 13.9. The molecule has 18 heavy (non-hydrogen) atoms. The van der Waals surface area contributed by atoms with Crippen LogP contribution in [0, 0.1) is 5.82 Å². The Labute approximate surface area is 109 Å². The number of carbonyl (C=O) groups excluding carboxylic acids is 1. The molecule has 1 aromatic rings. The Bertz CT molecular complexity index is 445. The molecule has 0 aliphatic carbocycles. The maximum absolute atomic E-state index is 13.3. The molecule has 100 valence electrons. The first-order valence-electron chi connectivity index (χ1n) is 5.01. The maximum atomic E-state index is 13.3. The second kappa shape index (κ2) is 5.69. The highest BCUT2D eigenvalue weighted by molar-refractivity contribution is 9.09. The highest BCUT2D eigenvalue weighted by atomic mass is 79.9. The van der Waals surface area contributed by atoms with E-state index < -0.39 is 29.0 Å². The van der Waals surface area contributed by atoms with Gasteiger partial charge in [0.15, 0.2) is 0 Å². The zero-order valence-electron chi connectivity index (χ0n) is 9.31. The molecule has 2 nitrogen and oxygen atoms in total. The summed E-state index contributed by atoms with van der Waals surface area (Å²) in [5.74, 6) is -1.85. The molecule has 1 unspecified atom stereocenters. The fraction of sp³-hybridized carbons (Fsp3) is 0.364. The third-order valence-corrected chi connectivity index (χ3v) is 2.41. The van der Waals surface area contributed by atoms with Crippen molar-refractivity contribution in [3.05, 3.63) is 35.1 Å². The first kappa shape index (κ1) is 14.9. The topological polar surface area (TPSA) is 29.1 Å². The standard InChI is InChI=1S/C11H10BrF4NO/c1-6(12)5-17-10(18)8-4-7(11(14,15)16)2-3-9(8)13/h2-4,6H,5H2,1H3,(H,17,18). The van der Waals surface area contributed by atoms with Crippen molar-refractivity contribution < 1.29 is 22.4 Å². The maximum Gasteiger partial charge on any atom is 0.416 e. The summed E-state index contributed by atoms with van der Waals surface area (Å²) in [6, 6.07) is 1.73. The Kier molecular flexibility index (Phi) is 4.72. The van der Waals surface area contributed by atoms with Crippen LogP contribution >= 0.6 is 15.9 Å². The van der Waals surface area contributed by atoms with Crippen molar-refractivity contribution in [3.8, 4) is 0 Å². The molecular weight excluding hydrogens is 318 g/mol. The van der Waals surface area contributed by atoms with E-state index in [4.69, 9.17) is 0 Å². The van der Waals surface area contributed by atoms with Crippen LogP contribution in [-0.4, -0.2) is 17.3 Å². The highest BCUT2D eigenvalue weighted by Crippen LogP contribution is 2.30. The van der Waals surface area contributed by atoms with E-state index in [9.17, 15) is 22.4 Å². The van der Waals surface area contributed by atoms with Gasteiger partial charge in [-0.25, -0.2) is 4.39 Å². The monoisotopic (exact) mass is 327 g/mol. The number of hydrogen-bond donors (Lipinski definition) is 1. The summed E-state index contributed by atoms with van der Waals surface area (Å²) in [5.41, 5.74) is -1.67. The van der Waals surface area contributed by atoms with Gasteiger partial charge in [0, 0.05) is 11.4 Å². The van der Waals surface area contributed by atoms with Gasteiger partial charge in [-0.05, 0) is 18.2 Å². The van der Waals surface area contributed by atoms with E-state index in [0.717, 1.165) is 0 Å². The molecule has 0 saturated heterocycles. The second-order valence-electron chi connectivity index (χ2n) is 3.68. The number of carbonyl (C=O) groups is 1. The number of rotatable bonds is 3. The van der Waals surface area contributed by atoms with Crippen molar-refractivity contribution in [2.75, 3.05) is 6.54 Å². The third kappa shape index (κ3) is 3.97. The van der Waals surface area contributed by atoms with Crippen LogP contribution in [-0.2, 0) is 6.18 Å². The molecule has 0 radical (unpaired) electrons. The summed E-state index contributed by atoms with van der Waals surface area (Å²) in [7, 11) is 0. The van der Waals surface area contributed by atoms with E-state index >= 15 is 0 Å². The summed E-state index contributed by atoms with van der Waals surface area (Å²) in [6.45, 7) is 1.93. The van der Waals surface area contributed by atoms with Gasteiger partial charge in [0.05, 0.1) is 11.1 Å². The largest absolute Gasteiger partial charge is 0.416 e. The third-order valence-electron chi connectivity index (χ3n) is 2.08. The molecule has 0 aliphatic rings. The lowest BCUT2D eigenvalue weighted by atomic mass is 10.1. The number of halogens is 5. The first-order valence-corrected chi connectivity index (χ1v) is 5.92. The van der Waals surface area contributed by atoms with Crippen molar-refractivity contribution in [1.29, 1.82) is 0 Å².